The van der Waals surface area contributed by atoms with Gasteiger partial charge in [0.25, 0.3) is 5.91 Å². The predicted molar refractivity (Wildman–Crippen MR) is 97.5 cm³/mol. The largest absolute Gasteiger partial charge is 0.590 e. The fourth-order valence-corrected chi connectivity index (χ4v) is 4.43. The van der Waals surface area contributed by atoms with Gasteiger partial charge in [0.15, 0.2) is 5.75 Å². The number of halogens is 1. The van der Waals surface area contributed by atoms with E-state index in [1.54, 1.807) is 38.1 Å². The lowest BCUT2D eigenvalue weighted by atomic mass is 9.90. The number of nitrogens with one attached hydrogen (secondary N) is 1. The third kappa shape index (κ3) is 3.23. The highest BCUT2D eigenvalue weighted by molar-refractivity contribution is 7.27. The van der Waals surface area contributed by atoms with Gasteiger partial charge in [0.2, 0.25) is 15.5 Å². The maximum atomic E-state index is 12.7. The Balaban J connectivity index is 2.01. The van der Waals surface area contributed by atoms with Gasteiger partial charge in [-0.2, -0.15) is 0 Å². The standard InChI is InChI=1S/C18H18ClNO5S/c1-9(21)13-8-12-15(26(13)24)14(16(22)18(2,3)25-12)20-17(23)10-4-6-11(19)7-5-10/h4-8,14,16,22H,1-3H3,(H,20,23). The van der Waals surface area contributed by atoms with Crippen LogP contribution >= 0.6 is 22.4 Å². The van der Waals surface area contributed by atoms with Crippen molar-refractivity contribution >= 4 is 34.0 Å². The summed E-state index contributed by atoms with van der Waals surface area (Å²) in [4.78, 5) is 24.6. The van der Waals surface area contributed by atoms with Gasteiger partial charge in [-0.15, -0.1) is 0 Å². The minimum Gasteiger partial charge on any atom is -0.590 e. The highest BCUT2D eigenvalue weighted by Gasteiger charge is 2.49. The van der Waals surface area contributed by atoms with Crippen LogP contribution in [0.2, 0.25) is 5.02 Å². The van der Waals surface area contributed by atoms with Gasteiger partial charge >= 0.3 is 0 Å². The number of Topliss-reactive ketones (excluding diaryl/α,β-unsaturated/α-hetero) is 1. The second-order valence-electron chi connectivity index (χ2n) is 6.67. The maximum absolute atomic E-state index is 12.7. The summed E-state index contributed by atoms with van der Waals surface area (Å²) in [7, 11) is -1.80. The first-order chi connectivity index (χ1) is 12.1. The van der Waals surface area contributed by atoms with Crippen LogP contribution in [0.5, 0.6) is 5.75 Å². The molecule has 8 heteroatoms. The van der Waals surface area contributed by atoms with Gasteiger partial charge in [-0.25, -0.2) is 0 Å². The Hall–Kier alpha value is -1.93. The number of carbonyl (C=O) groups excluding carboxylic acids is 2. The van der Waals surface area contributed by atoms with Crippen molar-refractivity contribution in [1.29, 1.82) is 0 Å². The number of ketones is 1. The van der Waals surface area contributed by atoms with E-state index in [1.165, 1.54) is 13.0 Å². The molecule has 6 nitrogen and oxygen atoms in total. The molecule has 138 valence electrons. The average Bonchev–Trinajstić information content (AvgIpc) is 2.88. The molecule has 26 heavy (non-hydrogen) atoms. The second kappa shape index (κ2) is 6.66. The van der Waals surface area contributed by atoms with E-state index in [-0.39, 0.29) is 21.3 Å². The van der Waals surface area contributed by atoms with Crippen molar-refractivity contribution in [2.24, 2.45) is 0 Å². The molecular weight excluding hydrogens is 378 g/mol. The first kappa shape index (κ1) is 18.8. The van der Waals surface area contributed by atoms with Crippen LogP contribution in [0.1, 0.15) is 51.7 Å². The number of aliphatic hydroxyl groups is 1. The van der Waals surface area contributed by atoms with Gasteiger partial charge in [0.1, 0.15) is 17.7 Å². The summed E-state index contributed by atoms with van der Waals surface area (Å²) >= 11 is 5.83. The van der Waals surface area contributed by atoms with Crippen molar-refractivity contribution in [3.8, 4) is 5.75 Å². The van der Waals surface area contributed by atoms with Crippen molar-refractivity contribution in [2.45, 2.75) is 38.5 Å². The van der Waals surface area contributed by atoms with Crippen molar-refractivity contribution in [3.63, 3.8) is 0 Å². The van der Waals surface area contributed by atoms with E-state index in [2.05, 4.69) is 5.32 Å². The van der Waals surface area contributed by atoms with Crippen molar-refractivity contribution in [1.82, 2.24) is 5.32 Å². The molecule has 1 aliphatic rings. The van der Waals surface area contributed by atoms with Gasteiger partial charge in [-0.3, -0.25) is 9.59 Å². The Morgan fingerprint density at radius 3 is 2.50 bits per heavy atom. The van der Waals surface area contributed by atoms with E-state index >= 15 is 0 Å². The van der Waals surface area contributed by atoms with Crippen molar-refractivity contribution < 1.29 is 24.0 Å². The van der Waals surface area contributed by atoms with E-state index < -0.39 is 34.4 Å². The number of aliphatic hydroxyl groups excluding tert-OH is 1. The number of rotatable bonds is 3. The molecule has 2 heterocycles. The van der Waals surface area contributed by atoms with Crippen molar-refractivity contribution in [3.05, 3.63) is 50.7 Å². The van der Waals surface area contributed by atoms with E-state index in [0.29, 0.717) is 10.6 Å². The number of hydrogen-bond donors (Lipinski definition) is 2. The molecule has 0 spiro atoms. The van der Waals surface area contributed by atoms with Crippen LogP contribution in [0.4, 0.5) is 0 Å². The molecule has 2 N–H and O–H groups in total. The van der Waals surface area contributed by atoms with Crippen LogP contribution in [-0.4, -0.2) is 33.1 Å². The van der Waals surface area contributed by atoms with E-state index in [0.717, 1.165) is 0 Å². The molecule has 1 aliphatic heterocycles. The van der Waals surface area contributed by atoms with Gasteiger partial charge in [0, 0.05) is 23.6 Å². The third-order valence-corrected chi connectivity index (χ3v) is 6.24. The number of thiophene rings is 1. The predicted octanol–water partition coefficient (Wildman–Crippen LogP) is 3.27. The smallest absolute Gasteiger partial charge is 0.252 e. The topological polar surface area (TPSA) is 98.7 Å². The molecule has 0 saturated heterocycles. The van der Waals surface area contributed by atoms with Crippen LogP contribution in [0.15, 0.2) is 30.3 Å². The Kier molecular flexibility index (Phi) is 4.83. The zero-order valence-corrected chi connectivity index (χ0v) is 16.0. The average molecular weight is 396 g/mol. The highest BCUT2D eigenvalue weighted by atomic mass is 35.5. The zero-order chi connectivity index (χ0) is 19.2. The van der Waals surface area contributed by atoms with Crippen LogP contribution < -0.4 is 10.1 Å². The van der Waals surface area contributed by atoms with Crippen LogP contribution in [-0.2, 0) is 0 Å². The molecule has 0 radical (unpaired) electrons. The van der Waals surface area contributed by atoms with Gasteiger partial charge in [0.05, 0.1) is 0 Å². The molecule has 3 atom stereocenters. The lowest BCUT2D eigenvalue weighted by Crippen LogP contribution is -2.53. The normalized spacial score (nSPS) is 21.5. The number of ether oxygens (including phenoxy) is 1. The van der Waals surface area contributed by atoms with E-state index in [1.807, 2.05) is 0 Å². The summed E-state index contributed by atoms with van der Waals surface area (Å²) in [5, 5.41) is 13.9. The summed E-state index contributed by atoms with van der Waals surface area (Å²) in [6, 6.07) is 6.72. The fraction of sp³-hybridized carbons (Fsp3) is 0.333. The lowest BCUT2D eigenvalue weighted by Gasteiger charge is -2.39. The Morgan fingerprint density at radius 1 is 1.31 bits per heavy atom. The summed E-state index contributed by atoms with van der Waals surface area (Å²) in [6.07, 6.45) is -1.15. The molecular formula is C18H18ClNO5S. The SMILES string of the molecule is CC(=O)c1cc2c([s+]1[O-])C(NC(=O)c1ccc(Cl)cc1)C(O)C(C)(C)O2. The number of amides is 1. The molecule has 3 unspecified atom stereocenters. The quantitative estimate of drug-likeness (QED) is 0.613. The molecule has 1 aromatic carbocycles. The number of benzene rings is 1. The molecule has 3 rings (SSSR count). The first-order valence-electron chi connectivity index (χ1n) is 7.94. The fourth-order valence-electron chi connectivity index (χ4n) is 2.89. The van der Waals surface area contributed by atoms with E-state index in [9.17, 15) is 19.2 Å². The zero-order valence-electron chi connectivity index (χ0n) is 14.4. The summed E-state index contributed by atoms with van der Waals surface area (Å²) in [6.45, 7) is 4.63. The molecule has 2 aromatic rings. The number of fused-ring (bicyclic) bond motifs is 1. The van der Waals surface area contributed by atoms with Gasteiger partial charge < -0.3 is 19.7 Å². The highest BCUT2D eigenvalue weighted by Crippen LogP contribution is 2.48. The summed E-state index contributed by atoms with van der Waals surface area (Å²) in [5.41, 5.74) is -0.694. The van der Waals surface area contributed by atoms with Gasteiger partial charge in [-0.1, -0.05) is 11.6 Å². The molecule has 0 saturated carbocycles. The molecule has 1 aromatic heterocycles. The Morgan fingerprint density at radius 2 is 1.92 bits per heavy atom. The monoisotopic (exact) mass is 395 g/mol. The number of hydrogen-bond acceptors (Lipinski definition) is 5. The van der Waals surface area contributed by atoms with E-state index in [4.69, 9.17) is 16.3 Å². The van der Waals surface area contributed by atoms with Crippen LogP contribution in [0.3, 0.4) is 0 Å². The minimum atomic E-state index is -1.80. The van der Waals surface area contributed by atoms with Gasteiger partial charge in [-0.05, 0) is 48.9 Å². The molecule has 0 aliphatic carbocycles. The van der Waals surface area contributed by atoms with Crippen LogP contribution in [0, 0.1) is 0 Å². The van der Waals surface area contributed by atoms with Crippen LogP contribution in [0.25, 0.3) is 0 Å². The molecule has 1 amide bonds. The lowest BCUT2D eigenvalue weighted by molar-refractivity contribution is -0.0614. The van der Waals surface area contributed by atoms with Crippen molar-refractivity contribution in [2.75, 3.05) is 0 Å². The number of carbonyl (C=O) groups is 2. The Bertz CT molecular complexity index is 874. The first-order valence-corrected chi connectivity index (χ1v) is 9.46. The third-order valence-electron chi connectivity index (χ3n) is 4.33. The molecule has 0 fully saturated rings. The summed E-state index contributed by atoms with van der Waals surface area (Å²) in [5.74, 6) is -0.551. The minimum absolute atomic E-state index is 0.0886. The Labute approximate surface area is 158 Å². The second-order valence-corrected chi connectivity index (χ2v) is 8.52. The maximum Gasteiger partial charge on any atom is 0.252 e. The molecule has 0 bridgehead atoms. The summed E-state index contributed by atoms with van der Waals surface area (Å²) < 4.78 is 18.4.